The van der Waals surface area contributed by atoms with Crippen molar-refractivity contribution in [1.82, 2.24) is 0 Å². The molecule has 0 rings (SSSR count). The van der Waals surface area contributed by atoms with Gasteiger partial charge in [0.05, 0.1) is 13.2 Å². The Labute approximate surface area is 122 Å². The second-order valence-electron chi connectivity index (χ2n) is 2.87. The summed E-state index contributed by atoms with van der Waals surface area (Å²) in [5.74, 6) is 0. The molecule has 106 valence electrons. The van der Waals surface area contributed by atoms with Gasteiger partial charge in [0.15, 0.2) is 0 Å². The van der Waals surface area contributed by atoms with Crippen molar-refractivity contribution in [3.05, 3.63) is 0 Å². The molecule has 11 heteroatoms. The summed E-state index contributed by atoms with van der Waals surface area (Å²) in [4.78, 5) is 0. The minimum Gasteiger partial charge on any atom is -0.619 e. The predicted molar refractivity (Wildman–Crippen MR) is 62.9 cm³/mol. The zero-order valence-electron chi connectivity index (χ0n) is 8.64. The fourth-order valence-electron chi connectivity index (χ4n) is 0.880. The Balaban J connectivity index is 0. The molecular formula is C6H12NiO6S4. The van der Waals surface area contributed by atoms with Crippen LogP contribution >= 0.6 is 0 Å². The van der Waals surface area contributed by atoms with Crippen molar-refractivity contribution in [2.24, 2.45) is 0 Å². The molecule has 0 bridgehead atoms. The van der Waals surface area contributed by atoms with Crippen molar-refractivity contribution >= 4 is 41.6 Å². The van der Waals surface area contributed by atoms with Gasteiger partial charge in [0.2, 0.25) is 0 Å². The Kier molecular flexibility index (Phi) is 11.8. The molecule has 0 aromatic carbocycles. The van der Waals surface area contributed by atoms with Gasteiger partial charge in [-0.1, -0.05) is 12.8 Å². The number of hydrogen-bond acceptors (Lipinski definition) is 8. The first-order chi connectivity index (χ1) is 7.21. The molecule has 0 aromatic heterocycles. The summed E-state index contributed by atoms with van der Waals surface area (Å²) in [6, 6.07) is 0. The first kappa shape index (κ1) is 20.3. The topological polar surface area (TPSA) is 86.7 Å². The number of hydrogen-bond donors (Lipinski definition) is 0. The molecule has 0 spiro atoms. The van der Waals surface area contributed by atoms with E-state index in [1.54, 1.807) is 0 Å². The first-order valence-electron chi connectivity index (χ1n) is 4.41. The van der Waals surface area contributed by atoms with Gasteiger partial charge in [-0.25, -0.2) is 16.8 Å². The maximum atomic E-state index is 10.4. The Bertz CT molecular complexity index is 339. The minimum atomic E-state index is -3.78. The third-order valence-electron chi connectivity index (χ3n) is 1.49. The SMILES string of the molecule is O=S(=O)([S-])OCCCCCCOS(=O)(=O)[S-].[Ni+2]. The predicted octanol–water partition coefficient (Wildman–Crippen LogP) is 0.161. The minimum absolute atomic E-state index is 0. The molecule has 0 amide bonds. The van der Waals surface area contributed by atoms with E-state index in [9.17, 15) is 16.8 Å². The second kappa shape index (κ2) is 9.88. The molecule has 0 aliphatic carbocycles. The molecule has 6 nitrogen and oxygen atoms in total. The van der Waals surface area contributed by atoms with Gasteiger partial charge in [-0.3, -0.25) is 8.37 Å². The monoisotopic (exact) mass is 366 g/mol. The Morgan fingerprint density at radius 1 is 0.706 bits per heavy atom. The molecule has 0 unspecified atom stereocenters. The zero-order chi connectivity index (χ0) is 12.7. The summed E-state index contributed by atoms with van der Waals surface area (Å²) < 4.78 is 50.2. The van der Waals surface area contributed by atoms with Crippen LogP contribution in [0.3, 0.4) is 0 Å². The van der Waals surface area contributed by atoms with Gasteiger partial charge in [0.25, 0.3) is 0 Å². The van der Waals surface area contributed by atoms with E-state index in [-0.39, 0.29) is 29.7 Å². The fourth-order valence-corrected chi connectivity index (χ4v) is 1.93. The van der Waals surface area contributed by atoms with Crippen molar-refractivity contribution in [2.75, 3.05) is 13.2 Å². The zero-order valence-corrected chi connectivity index (χ0v) is 12.9. The van der Waals surface area contributed by atoms with Crippen molar-refractivity contribution in [3.63, 3.8) is 0 Å². The van der Waals surface area contributed by atoms with Crippen LogP contribution < -0.4 is 0 Å². The normalized spacial score (nSPS) is 12.1. The summed E-state index contributed by atoms with van der Waals surface area (Å²) in [5.41, 5.74) is 0. The summed E-state index contributed by atoms with van der Waals surface area (Å²) in [6.07, 6.45) is 2.48. The van der Waals surface area contributed by atoms with Gasteiger partial charge in [-0.05, 0) is 12.8 Å². The summed E-state index contributed by atoms with van der Waals surface area (Å²) >= 11 is 7.99. The van der Waals surface area contributed by atoms with Crippen LogP contribution in [-0.4, -0.2) is 30.0 Å². The van der Waals surface area contributed by atoms with E-state index in [1.807, 2.05) is 0 Å². The second-order valence-corrected chi connectivity index (χ2v) is 7.43. The Morgan fingerprint density at radius 3 is 1.24 bits per heavy atom. The van der Waals surface area contributed by atoms with Crippen molar-refractivity contribution in [3.8, 4) is 0 Å². The summed E-state index contributed by atoms with van der Waals surface area (Å²) in [6.45, 7) is 0.0953. The molecule has 0 radical (unpaired) electrons. The Hall–Kier alpha value is 1.01. The summed E-state index contributed by atoms with van der Waals surface area (Å²) in [5, 5.41) is 0. The largest absolute Gasteiger partial charge is 2.00 e. The molecule has 17 heavy (non-hydrogen) atoms. The van der Waals surface area contributed by atoms with Gasteiger partial charge < -0.3 is 23.3 Å². The quantitative estimate of drug-likeness (QED) is 0.247. The van der Waals surface area contributed by atoms with Crippen LogP contribution in [0.5, 0.6) is 0 Å². The summed E-state index contributed by atoms with van der Waals surface area (Å²) in [7, 11) is -7.55. The van der Waals surface area contributed by atoms with E-state index in [4.69, 9.17) is 0 Å². The molecule has 0 aliphatic heterocycles. The first-order valence-corrected chi connectivity index (χ1v) is 9.08. The molecule has 0 N–H and O–H groups in total. The molecule has 0 heterocycles. The van der Waals surface area contributed by atoms with Gasteiger partial charge in [-0.2, -0.15) is 0 Å². The van der Waals surface area contributed by atoms with Crippen molar-refractivity contribution < 1.29 is 41.7 Å². The van der Waals surface area contributed by atoms with Gasteiger partial charge in [-0.15, -0.1) is 0 Å². The van der Waals surface area contributed by atoms with E-state index in [0.29, 0.717) is 25.7 Å². The van der Waals surface area contributed by atoms with Crippen LogP contribution in [0.4, 0.5) is 0 Å². The van der Waals surface area contributed by atoms with Crippen LogP contribution in [0, 0.1) is 0 Å². The van der Waals surface area contributed by atoms with E-state index in [2.05, 4.69) is 31.7 Å². The third kappa shape index (κ3) is 19.5. The van der Waals surface area contributed by atoms with E-state index in [0.717, 1.165) is 0 Å². The smallest absolute Gasteiger partial charge is 0.619 e. The Morgan fingerprint density at radius 2 is 1.00 bits per heavy atom. The fraction of sp³-hybridized carbons (Fsp3) is 1.00. The van der Waals surface area contributed by atoms with Crippen LogP contribution in [0.25, 0.3) is 0 Å². The van der Waals surface area contributed by atoms with Gasteiger partial charge in [0, 0.05) is 0 Å². The van der Waals surface area contributed by atoms with Crippen LogP contribution in [0.15, 0.2) is 0 Å². The third-order valence-corrected chi connectivity index (χ3v) is 2.98. The number of rotatable bonds is 9. The maximum absolute atomic E-state index is 10.4. The standard InChI is InChI=1S/C6H14O6S4.Ni/c7-15(8,13)11-5-3-1-2-4-6-12-16(9,10)14;/h1-6H2,(H,7,8,13)(H,9,10,14);/q;+2/p-2. The molecule has 0 aromatic rings. The van der Waals surface area contributed by atoms with Crippen LogP contribution in [-0.2, 0) is 66.5 Å². The molecule has 0 aliphatic rings. The van der Waals surface area contributed by atoms with Gasteiger partial charge in [0.1, 0.15) is 18.3 Å². The van der Waals surface area contributed by atoms with E-state index >= 15 is 0 Å². The van der Waals surface area contributed by atoms with Crippen molar-refractivity contribution in [2.45, 2.75) is 25.7 Å². The van der Waals surface area contributed by atoms with Crippen LogP contribution in [0.2, 0.25) is 0 Å². The molecule has 0 atom stereocenters. The average Bonchev–Trinajstić information content (AvgIpc) is 2.06. The average molecular weight is 367 g/mol. The van der Waals surface area contributed by atoms with Gasteiger partial charge >= 0.3 is 16.5 Å². The van der Waals surface area contributed by atoms with E-state index in [1.165, 1.54) is 0 Å². The molecule has 0 saturated heterocycles. The maximum Gasteiger partial charge on any atom is 2.00 e. The number of unbranched alkanes of at least 4 members (excludes halogenated alkanes) is 3. The molecule has 0 saturated carbocycles. The van der Waals surface area contributed by atoms with Crippen LogP contribution in [0.1, 0.15) is 25.7 Å². The van der Waals surface area contributed by atoms with Crippen molar-refractivity contribution in [1.29, 1.82) is 0 Å². The van der Waals surface area contributed by atoms with E-state index < -0.39 is 18.3 Å². The molecular weight excluding hydrogens is 355 g/mol. The molecule has 0 fully saturated rings.